The number of nitrogens with one attached hydrogen (secondary N) is 1. The molecule has 1 aromatic rings. The molecule has 0 aliphatic rings. The van der Waals surface area contributed by atoms with Gasteiger partial charge in [0.05, 0.1) is 19.2 Å². The van der Waals surface area contributed by atoms with Crippen LogP contribution >= 0.6 is 0 Å². The highest BCUT2D eigenvalue weighted by molar-refractivity contribution is 5.96. The van der Waals surface area contributed by atoms with Gasteiger partial charge in [-0.2, -0.15) is 0 Å². The van der Waals surface area contributed by atoms with Crippen molar-refractivity contribution in [1.82, 2.24) is 5.32 Å². The van der Waals surface area contributed by atoms with Gasteiger partial charge in [0.15, 0.2) is 0 Å². The average Bonchev–Trinajstić information content (AvgIpc) is 2.45. The van der Waals surface area contributed by atoms with E-state index < -0.39 is 0 Å². The van der Waals surface area contributed by atoms with Crippen LogP contribution in [-0.4, -0.2) is 32.2 Å². The van der Waals surface area contributed by atoms with Crippen LogP contribution in [0, 0.1) is 24.7 Å². The molecule has 1 rings (SSSR count). The molecule has 0 aliphatic heterocycles. The van der Waals surface area contributed by atoms with Crippen molar-refractivity contribution in [3.63, 3.8) is 0 Å². The Labute approximate surface area is 127 Å². The SMILES string of the molecule is COCC(NC(=O)c1cc(C#CCN)ccc1C)C(C)C. The monoisotopic (exact) mass is 288 g/mol. The van der Waals surface area contributed by atoms with Crippen LogP contribution in [-0.2, 0) is 4.74 Å². The molecular formula is C17H24N2O2. The number of aryl methyl sites for hydroxylation is 1. The van der Waals surface area contributed by atoms with Gasteiger partial charge in [0.25, 0.3) is 5.91 Å². The van der Waals surface area contributed by atoms with Gasteiger partial charge in [0.1, 0.15) is 0 Å². The number of amides is 1. The Morgan fingerprint density at radius 3 is 2.71 bits per heavy atom. The van der Waals surface area contributed by atoms with Gasteiger partial charge in [-0.25, -0.2) is 0 Å². The molecule has 0 heterocycles. The summed E-state index contributed by atoms with van der Waals surface area (Å²) in [5.74, 6) is 5.95. The van der Waals surface area contributed by atoms with Crippen molar-refractivity contribution in [1.29, 1.82) is 0 Å². The summed E-state index contributed by atoms with van der Waals surface area (Å²) in [6, 6.07) is 5.58. The molecule has 3 N–H and O–H groups in total. The molecule has 4 heteroatoms. The van der Waals surface area contributed by atoms with Crippen molar-refractivity contribution < 1.29 is 9.53 Å². The van der Waals surface area contributed by atoms with Crippen LogP contribution in [0.3, 0.4) is 0 Å². The number of ether oxygens (including phenoxy) is 1. The van der Waals surface area contributed by atoms with Crippen molar-refractivity contribution in [3.8, 4) is 11.8 Å². The first-order chi connectivity index (χ1) is 9.99. The van der Waals surface area contributed by atoms with Crippen LogP contribution in [0.4, 0.5) is 0 Å². The molecule has 21 heavy (non-hydrogen) atoms. The van der Waals surface area contributed by atoms with E-state index in [2.05, 4.69) is 31.0 Å². The van der Waals surface area contributed by atoms with E-state index in [1.165, 1.54) is 0 Å². The summed E-state index contributed by atoms with van der Waals surface area (Å²) in [4.78, 5) is 12.4. The number of nitrogens with two attached hydrogens (primary N) is 1. The molecule has 0 spiro atoms. The fraction of sp³-hybridized carbons (Fsp3) is 0.471. The van der Waals surface area contributed by atoms with Crippen LogP contribution in [0.25, 0.3) is 0 Å². The molecule has 1 atom stereocenters. The van der Waals surface area contributed by atoms with Gasteiger partial charge in [-0.15, -0.1) is 0 Å². The molecule has 1 unspecified atom stereocenters. The predicted molar refractivity (Wildman–Crippen MR) is 85.1 cm³/mol. The molecule has 0 aromatic heterocycles. The number of benzene rings is 1. The number of hydrogen-bond acceptors (Lipinski definition) is 3. The quantitative estimate of drug-likeness (QED) is 0.811. The van der Waals surface area contributed by atoms with Crippen molar-refractivity contribution in [2.45, 2.75) is 26.8 Å². The van der Waals surface area contributed by atoms with E-state index >= 15 is 0 Å². The molecule has 4 nitrogen and oxygen atoms in total. The lowest BCUT2D eigenvalue weighted by Gasteiger charge is -2.22. The molecule has 1 amide bonds. The standard InChI is InChI=1S/C17H24N2O2/c1-12(2)16(11-21-4)19-17(20)15-10-14(6-5-9-18)8-7-13(15)3/h7-8,10,12,16H,9,11,18H2,1-4H3,(H,19,20). The Morgan fingerprint density at radius 2 is 2.14 bits per heavy atom. The van der Waals surface area contributed by atoms with Crippen molar-refractivity contribution >= 4 is 5.91 Å². The van der Waals surface area contributed by atoms with Crippen LogP contribution in [0.1, 0.15) is 35.3 Å². The lowest BCUT2D eigenvalue weighted by atomic mass is 10.0. The molecule has 1 aromatic carbocycles. The number of carbonyl (C=O) groups excluding carboxylic acids is 1. The highest BCUT2D eigenvalue weighted by Crippen LogP contribution is 2.12. The normalized spacial score (nSPS) is 11.7. The first-order valence-corrected chi connectivity index (χ1v) is 7.09. The second-order valence-electron chi connectivity index (χ2n) is 5.31. The summed E-state index contributed by atoms with van der Waals surface area (Å²) in [5, 5.41) is 3.02. The third-order valence-electron chi connectivity index (χ3n) is 3.28. The summed E-state index contributed by atoms with van der Waals surface area (Å²) < 4.78 is 5.16. The Morgan fingerprint density at radius 1 is 1.43 bits per heavy atom. The minimum absolute atomic E-state index is 0.0133. The van der Waals surface area contributed by atoms with Gasteiger partial charge in [0, 0.05) is 18.2 Å². The van der Waals surface area contributed by atoms with E-state index in [-0.39, 0.29) is 11.9 Å². The summed E-state index contributed by atoms with van der Waals surface area (Å²) in [7, 11) is 1.63. The van der Waals surface area contributed by atoms with E-state index in [0.717, 1.165) is 11.1 Å². The first-order valence-electron chi connectivity index (χ1n) is 7.09. The van der Waals surface area contributed by atoms with Gasteiger partial charge < -0.3 is 15.8 Å². The lowest BCUT2D eigenvalue weighted by molar-refractivity contribution is 0.0866. The van der Waals surface area contributed by atoms with Crippen LogP contribution in [0.15, 0.2) is 18.2 Å². The highest BCUT2D eigenvalue weighted by Gasteiger charge is 2.18. The first kappa shape index (κ1) is 17.2. The molecular weight excluding hydrogens is 264 g/mol. The van der Waals surface area contributed by atoms with Crippen molar-refractivity contribution in [2.24, 2.45) is 11.7 Å². The van der Waals surface area contributed by atoms with E-state index in [9.17, 15) is 4.79 Å². The third-order valence-corrected chi connectivity index (χ3v) is 3.28. The van der Waals surface area contributed by atoms with E-state index in [1.807, 2.05) is 19.1 Å². The Hall–Kier alpha value is -1.83. The fourth-order valence-electron chi connectivity index (χ4n) is 1.92. The summed E-state index contributed by atoms with van der Waals surface area (Å²) >= 11 is 0. The predicted octanol–water partition coefficient (Wildman–Crippen LogP) is 1.71. The zero-order valence-corrected chi connectivity index (χ0v) is 13.2. The van der Waals surface area contributed by atoms with Gasteiger partial charge in [-0.05, 0) is 30.5 Å². The fourth-order valence-corrected chi connectivity index (χ4v) is 1.92. The smallest absolute Gasteiger partial charge is 0.251 e. The number of rotatable bonds is 5. The second kappa shape index (κ2) is 8.46. The summed E-state index contributed by atoms with van der Waals surface area (Å²) in [5.41, 5.74) is 7.73. The van der Waals surface area contributed by atoms with Gasteiger partial charge in [-0.1, -0.05) is 31.8 Å². The maximum absolute atomic E-state index is 12.4. The largest absolute Gasteiger partial charge is 0.383 e. The van der Waals surface area contributed by atoms with E-state index in [4.69, 9.17) is 10.5 Å². The number of hydrogen-bond donors (Lipinski definition) is 2. The molecule has 0 fully saturated rings. The molecule has 114 valence electrons. The van der Waals surface area contributed by atoms with Crippen molar-refractivity contribution in [2.75, 3.05) is 20.3 Å². The minimum atomic E-state index is -0.0975. The van der Waals surface area contributed by atoms with Crippen LogP contribution in [0.2, 0.25) is 0 Å². The molecule has 0 saturated carbocycles. The van der Waals surface area contributed by atoms with Crippen LogP contribution in [0.5, 0.6) is 0 Å². The maximum atomic E-state index is 12.4. The molecule has 0 bridgehead atoms. The van der Waals surface area contributed by atoms with Gasteiger partial charge >= 0.3 is 0 Å². The maximum Gasteiger partial charge on any atom is 0.251 e. The minimum Gasteiger partial charge on any atom is -0.383 e. The average molecular weight is 288 g/mol. The van der Waals surface area contributed by atoms with Gasteiger partial charge in [0.2, 0.25) is 0 Å². The van der Waals surface area contributed by atoms with E-state index in [0.29, 0.717) is 24.6 Å². The van der Waals surface area contributed by atoms with Gasteiger partial charge in [-0.3, -0.25) is 4.79 Å². The van der Waals surface area contributed by atoms with E-state index in [1.54, 1.807) is 13.2 Å². The van der Waals surface area contributed by atoms with Crippen molar-refractivity contribution in [3.05, 3.63) is 34.9 Å². The lowest BCUT2D eigenvalue weighted by Crippen LogP contribution is -2.41. The zero-order chi connectivity index (χ0) is 15.8. The summed E-state index contributed by atoms with van der Waals surface area (Å²) in [6.07, 6.45) is 0. The third kappa shape index (κ3) is 5.22. The Kier molecular flexibility index (Phi) is 6.93. The molecule has 0 saturated heterocycles. The number of carbonyl (C=O) groups is 1. The topological polar surface area (TPSA) is 64.3 Å². The molecule has 0 aliphatic carbocycles. The Bertz CT molecular complexity index is 541. The Balaban J connectivity index is 2.95. The zero-order valence-electron chi connectivity index (χ0n) is 13.2. The number of methoxy groups -OCH3 is 1. The van der Waals surface area contributed by atoms with Crippen LogP contribution < -0.4 is 11.1 Å². The summed E-state index contributed by atoms with van der Waals surface area (Å²) in [6.45, 7) is 6.82. The second-order valence-corrected chi connectivity index (χ2v) is 5.31. The molecule has 0 radical (unpaired) electrons. The highest BCUT2D eigenvalue weighted by atomic mass is 16.5.